The van der Waals surface area contributed by atoms with Crippen LogP contribution in [0, 0.1) is 0 Å². The molecule has 0 aliphatic rings. The molecule has 0 spiro atoms. The van der Waals surface area contributed by atoms with Gasteiger partial charge in [-0.25, -0.2) is 0 Å². The van der Waals surface area contributed by atoms with Crippen molar-refractivity contribution >= 4 is 15.9 Å². The van der Waals surface area contributed by atoms with Gasteiger partial charge in [0.05, 0.1) is 12.8 Å². The number of halogens is 1. The first-order chi connectivity index (χ1) is 7.75. The molecular formula is C12H12BrNO2. The van der Waals surface area contributed by atoms with Crippen LogP contribution in [0.15, 0.2) is 45.5 Å². The minimum absolute atomic E-state index is 0.276. The molecule has 2 rings (SSSR count). The number of hydrogen-bond donors (Lipinski definition) is 2. The number of phenolic OH excluding ortho intramolecular Hbond substituents is 1. The molecule has 2 N–H and O–H groups in total. The van der Waals surface area contributed by atoms with Crippen LogP contribution >= 0.6 is 15.9 Å². The third-order valence-corrected chi connectivity index (χ3v) is 3.00. The third kappa shape index (κ3) is 2.87. The van der Waals surface area contributed by atoms with E-state index in [0.29, 0.717) is 13.1 Å². The predicted octanol–water partition coefficient (Wildman–Crippen LogP) is 3.04. The lowest BCUT2D eigenvalue weighted by atomic mass is 10.2. The molecule has 0 aliphatic heterocycles. The van der Waals surface area contributed by atoms with Crippen molar-refractivity contribution in [2.75, 3.05) is 0 Å². The minimum atomic E-state index is 0.276. The fraction of sp³-hybridized carbons (Fsp3) is 0.167. The van der Waals surface area contributed by atoms with E-state index in [1.165, 1.54) is 0 Å². The smallest absolute Gasteiger partial charge is 0.117 e. The second kappa shape index (κ2) is 5.18. The van der Waals surface area contributed by atoms with Gasteiger partial charge in [-0.2, -0.15) is 0 Å². The molecular weight excluding hydrogens is 270 g/mol. The molecule has 0 fully saturated rings. The summed E-state index contributed by atoms with van der Waals surface area (Å²) in [6.45, 7) is 1.35. The van der Waals surface area contributed by atoms with Crippen molar-refractivity contribution in [2.24, 2.45) is 0 Å². The van der Waals surface area contributed by atoms with Crippen LogP contribution in [0.4, 0.5) is 0 Å². The molecule has 3 nitrogen and oxygen atoms in total. The number of phenols is 1. The van der Waals surface area contributed by atoms with Gasteiger partial charge >= 0.3 is 0 Å². The minimum Gasteiger partial charge on any atom is -0.508 e. The van der Waals surface area contributed by atoms with E-state index in [-0.39, 0.29) is 5.75 Å². The first kappa shape index (κ1) is 11.2. The Hall–Kier alpha value is -1.26. The van der Waals surface area contributed by atoms with Gasteiger partial charge in [-0.05, 0) is 35.9 Å². The van der Waals surface area contributed by atoms with E-state index < -0.39 is 0 Å². The average molecular weight is 282 g/mol. The maximum Gasteiger partial charge on any atom is 0.117 e. The Bertz CT molecular complexity index is 454. The molecule has 0 unspecified atom stereocenters. The summed E-state index contributed by atoms with van der Waals surface area (Å²) >= 11 is 3.43. The molecule has 1 aromatic heterocycles. The summed E-state index contributed by atoms with van der Waals surface area (Å²) in [5, 5.41) is 12.6. The molecule has 16 heavy (non-hydrogen) atoms. The summed E-state index contributed by atoms with van der Waals surface area (Å²) in [5.74, 6) is 1.18. The summed E-state index contributed by atoms with van der Waals surface area (Å²) in [6.07, 6.45) is 1.65. The number of rotatable bonds is 4. The lowest BCUT2D eigenvalue weighted by Gasteiger charge is -2.06. The lowest BCUT2D eigenvalue weighted by Crippen LogP contribution is -2.12. The molecule has 0 amide bonds. The van der Waals surface area contributed by atoms with E-state index in [4.69, 9.17) is 4.42 Å². The highest BCUT2D eigenvalue weighted by atomic mass is 79.9. The fourth-order valence-electron chi connectivity index (χ4n) is 1.43. The summed E-state index contributed by atoms with van der Waals surface area (Å²) in [4.78, 5) is 0. The zero-order chi connectivity index (χ0) is 11.4. The number of hydrogen-bond acceptors (Lipinski definition) is 3. The molecule has 1 aromatic carbocycles. The molecule has 2 aromatic rings. The van der Waals surface area contributed by atoms with Crippen molar-refractivity contribution in [2.45, 2.75) is 13.1 Å². The van der Waals surface area contributed by atoms with Gasteiger partial charge in [0.2, 0.25) is 0 Å². The second-order valence-corrected chi connectivity index (χ2v) is 4.31. The van der Waals surface area contributed by atoms with Crippen molar-refractivity contribution in [3.8, 4) is 5.75 Å². The van der Waals surface area contributed by atoms with Gasteiger partial charge < -0.3 is 14.8 Å². The van der Waals surface area contributed by atoms with Gasteiger partial charge in [-0.3, -0.25) is 0 Å². The molecule has 0 aliphatic carbocycles. The molecule has 0 atom stereocenters. The van der Waals surface area contributed by atoms with Crippen LogP contribution in [-0.2, 0) is 13.1 Å². The standard InChI is InChI=1S/C12H12BrNO2/c13-12-4-3-10(15)6-9(12)7-14-8-11-2-1-5-16-11/h1-6,14-15H,7-8H2. The van der Waals surface area contributed by atoms with Crippen molar-refractivity contribution in [1.29, 1.82) is 0 Å². The van der Waals surface area contributed by atoms with Gasteiger partial charge in [0.1, 0.15) is 11.5 Å². The Morgan fingerprint density at radius 3 is 2.88 bits per heavy atom. The maximum absolute atomic E-state index is 9.35. The lowest BCUT2D eigenvalue weighted by molar-refractivity contribution is 0.471. The highest BCUT2D eigenvalue weighted by Crippen LogP contribution is 2.21. The van der Waals surface area contributed by atoms with Gasteiger partial charge in [0.25, 0.3) is 0 Å². The number of benzene rings is 1. The van der Waals surface area contributed by atoms with E-state index >= 15 is 0 Å². The Labute approximate surface area is 102 Å². The Morgan fingerprint density at radius 1 is 1.25 bits per heavy atom. The van der Waals surface area contributed by atoms with E-state index in [0.717, 1.165) is 15.8 Å². The van der Waals surface area contributed by atoms with Crippen molar-refractivity contribution in [3.63, 3.8) is 0 Å². The molecule has 0 radical (unpaired) electrons. The molecule has 0 saturated carbocycles. The fourth-order valence-corrected chi connectivity index (χ4v) is 1.82. The zero-order valence-electron chi connectivity index (χ0n) is 8.61. The second-order valence-electron chi connectivity index (χ2n) is 3.46. The summed E-state index contributed by atoms with van der Waals surface area (Å²) in [5.41, 5.74) is 1.02. The SMILES string of the molecule is Oc1ccc(Br)c(CNCc2ccco2)c1. The van der Waals surface area contributed by atoms with Gasteiger partial charge in [-0.15, -0.1) is 0 Å². The Balaban J connectivity index is 1.92. The van der Waals surface area contributed by atoms with Gasteiger partial charge in [0.15, 0.2) is 0 Å². The van der Waals surface area contributed by atoms with Crippen LogP contribution in [0.5, 0.6) is 5.75 Å². The first-order valence-corrected chi connectivity index (χ1v) is 5.75. The average Bonchev–Trinajstić information content (AvgIpc) is 2.76. The highest BCUT2D eigenvalue weighted by molar-refractivity contribution is 9.10. The van der Waals surface area contributed by atoms with Crippen LogP contribution in [0.25, 0.3) is 0 Å². The first-order valence-electron chi connectivity index (χ1n) is 4.96. The Kier molecular flexibility index (Phi) is 3.64. The van der Waals surface area contributed by atoms with Crippen LogP contribution in [0.3, 0.4) is 0 Å². The molecule has 0 bridgehead atoms. The summed E-state index contributed by atoms with van der Waals surface area (Å²) in [7, 11) is 0. The van der Waals surface area contributed by atoms with E-state index in [1.807, 2.05) is 18.2 Å². The quantitative estimate of drug-likeness (QED) is 0.906. The number of furan rings is 1. The summed E-state index contributed by atoms with van der Waals surface area (Å²) in [6, 6.07) is 9.00. The van der Waals surface area contributed by atoms with E-state index in [1.54, 1.807) is 18.4 Å². The summed E-state index contributed by atoms with van der Waals surface area (Å²) < 4.78 is 6.19. The van der Waals surface area contributed by atoms with Gasteiger partial charge in [-0.1, -0.05) is 15.9 Å². The topological polar surface area (TPSA) is 45.4 Å². The predicted molar refractivity (Wildman–Crippen MR) is 65.1 cm³/mol. The monoisotopic (exact) mass is 281 g/mol. The molecule has 1 heterocycles. The van der Waals surface area contributed by atoms with Crippen LogP contribution in [0.1, 0.15) is 11.3 Å². The molecule has 84 valence electrons. The normalized spacial score (nSPS) is 10.6. The number of nitrogens with one attached hydrogen (secondary N) is 1. The molecule has 0 saturated heterocycles. The van der Waals surface area contributed by atoms with Crippen molar-refractivity contribution < 1.29 is 9.52 Å². The van der Waals surface area contributed by atoms with Crippen LogP contribution < -0.4 is 5.32 Å². The maximum atomic E-state index is 9.35. The van der Waals surface area contributed by atoms with Crippen molar-refractivity contribution in [1.82, 2.24) is 5.32 Å². The Morgan fingerprint density at radius 2 is 2.12 bits per heavy atom. The van der Waals surface area contributed by atoms with Crippen LogP contribution in [0.2, 0.25) is 0 Å². The van der Waals surface area contributed by atoms with Crippen molar-refractivity contribution in [3.05, 3.63) is 52.4 Å². The van der Waals surface area contributed by atoms with E-state index in [2.05, 4.69) is 21.2 Å². The zero-order valence-corrected chi connectivity index (χ0v) is 10.2. The largest absolute Gasteiger partial charge is 0.508 e. The van der Waals surface area contributed by atoms with Gasteiger partial charge in [0, 0.05) is 11.0 Å². The third-order valence-electron chi connectivity index (χ3n) is 2.22. The number of aromatic hydroxyl groups is 1. The highest BCUT2D eigenvalue weighted by Gasteiger charge is 2.01. The van der Waals surface area contributed by atoms with E-state index in [9.17, 15) is 5.11 Å². The van der Waals surface area contributed by atoms with Crippen LogP contribution in [-0.4, -0.2) is 5.11 Å². The molecule has 4 heteroatoms.